The van der Waals surface area contributed by atoms with Crippen LogP contribution < -0.4 is 4.74 Å². The Bertz CT molecular complexity index is 992. The minimum atomic E-state index is -0.717. The van der Waals surface area contributed by atoms with Gasteiger partial charge in [-0.25, -0.2) is 4.39 Å². The molecule has 1 unspecified atom stereocenters. The molecular formula is C23H20BrFO4. The Morgan fingerprint density at radius 1 is 1.07 bits per heavy atom. The number of rotatable bonds is 4. The van der Waals surface area contributed by atoms with Crippen molar-refractivity contribution in [3.8, 4) is 11.5 Å². The Balaban J connectivity index is 1.45. The van der Waals surface area contributed by atoms with Crippen molar-refractivity contribution in [2.75, 3.05) is 0 Å². The zero-order valence-electron chi connectivity index (χ0n) is 15.9. The lowest BCUT2D eigenvalue weighted by Crippen LogP contribution is -2.29. The van der Waals surface area contributed by atoms with Gasteiger partial charge in [-0.05, 0) is 60.7 Å². The Morgan fingerprint density at radius 3 is 2.38 bits per heavy atom. The number of aryl methyl sites for hydroxylation is 1. The van der Waals surface area contributed by atoms with Crippen molar-refractivity contribution in [2.45, 2.75) is 44.3 Å². The van der Waals surface area contributed by atoms with E-state index in [9.17, 15) is 14.0 Å². The molecule has 0 spiro atoms. The second-order valence-corrected chi connectivity index (χ2v) is 8.89. The minimum Gasteiger partial charge on any atom is -0.454 e. The predicted octanol–water partition coefficient (Wildman–Crippen LogP) is 4.97. The number of fused-ring (bicyclic) bond motifs is 5. The van der Waals surface area contributed by atoms with Gasteiger partial charge < -0.3 is 9.47 Å². The monoisotopic (exact) mass is 458 g/mol. The minimum absolute atomic E-state index is 0.00507. The maximum atomic E-state index is 14.1. The number of ether oxygens (including phenoxy) is 2. The van der Waals surface area contributed by atoms with Gasteiger partial charge in [-0.15, -0.1) is 0 Å². The highest BCUT2D eigenvalue weighted by molar-refractivity contribution is 9.10. The van der Waals surface area contributed by atoms with Crippen LogP contribution in [0, 0.1) is 17.7 Å². The Kier molecular flexibility index (Phi) is 4.59. The number of carbonyl (C=O) groups excluding carboxylic acids is 2. The van der Waals surface area contributed by atoms with Crippen molar-refractivity contribution in [2.24, 2.45) is 11.8 Å². The SMILES string of the molecule is CCc1cc(Oc2ccc(Br)cc2F)ccc1C1C(=O)[C@@H]2[C@H](C1=O)[C@H]1CC[C@@H]2O1. The third kappa shape index (κ3) is 2.96. The van der Waals surface area contributed by atoms with E-state index in [0.29, 0.717) is 16.6 Å². The summed E-state index contributed by atoms with van der Waals surface area (Å²) in [6, 6.07) is 9.90. The maximum absolute atomic E-state index is 14.1. The van der Waals surface area contributed by atoms with E-state index in [2.05, 4.69) is 15.9 Å². The number of hydrogen-bond acceptors (Lipinski definition) is 4. The van der Waals surface area contributed by atoms with Crippen LogP contribution in [0.1, 0.15) is 36.8 Å². The van der Waals surface area contributed by atoms with Gasteiger partial charge in [-0.2, -0.15) is 0 Å². The smallest absolute Gasteiger partial charge is 0.166 e. The molecule has 6 heteroatoms. The third-order valence-corrected chi connectivity index (χ3v) is 6.92. The summed E-state index contributed by atoms with van der Waals surface area (Å²) in [4.78, 5) is 26.2. The lowest BCUT2D eigenvalue weighted by molar-refractivity contribution is -0.127. The molecule has 4 nitrogen and oxygen atoms in total. The number of halogens is 2. The molecule has 2 aromatic rings. The van der Waals surface area contributed by atoms with Gasteiger partial charge in [0.2, 0.25) is 0 Å². The van der Waals surface area contributed by atoms with Crippen molar-refractivity contribution >= 4 is 27.5 Å². The average molecular weight is 459 g/mol. The van der Waals surface area contributed by atoms with Gasteiger partial charge in [0.1, 0.15) is 11.7 Å². The van der Waals surface area contributed by atoms with Gasteiger partial charge in [0.05, 0.1) is 24.0 Å². The highest BCUT2D eigenvalue weighted by atomic mass is 79.9. The highest BCUT2D eigenvalue weighted by Crippen LogP contribution is 2.52. The summed E-state index contributed by atoms with van der Waals surface area (Å²) in [7, 11) is 0. The Hall–Kier alpha value is -2.05. The van der Waals surface area contributed by atoms with Gasteiger partial charge in [-0.3, -0.25) is 9.59 Å². The van der Waals surface area contributed by atoms with Crippen LogP contribution in [-0.4, -0.2) is 23.8 Å². The fraction of sp³-hybridized carbons (Fsp3) is 0.391. The molecule has 5 rings (SSSR count). The number of carbonyl (C=O) groups is 2. The Labute approximate surface area is 176 Å². The van der Waals surface area contributed by atoms with Crippen LogP contribution in [0.3, 0.4) is 0 Å². The molecule has 150 valence electrons. The summed E-state index contributed by atoms with van der Waals surface area (Å²) in [5, 5.41) is 0. The largest absolute Gasteiger partial charge is 0.454 e. The first-order chi connectivity index (χ1) is 14.0. The van der Waals surface area contributed by atoms with Gasteiger partial charge in [0.15, 0.2) is 23.1 Å². The van der Waals surface area contributed by atoms with Crippen molar-refractivity contribution in [1.29, 1.82) is 0 Å². The summed E-state index contributed by atoms with van der Waals surface area (Å²) < 4.78 is 26.3. The van der Waals surface area contributed by atoms with E-state index in [1.165, 1.54) is 6.07 Å². The molecule has 1 aliphatic carbocycles. The van der Waals surface area contributed by atoms with Crippen LogP contribution in [0.4, 0.5) is 4.39 Å². The van der Waals surface area contributed by atoms with Crippen molar-refractivity contribution in [1.82, 2.24) is 0 Å². The molecule has 0 radical (unpaired) electrons. The Morgan fingerprint density at radius 2 is 1.76 bits per heavy atom. The molecule has 2 bridgehead atoms. The molecule has 1 saturated carbocycles. The molecule has 2 heterocycles. The fourth-order valence-corrected chi connectivity index (χ4v) is 5.48. The summed E-state index contributed by atoms with van der Waals surface area (Å²) in [5.74, 6) is -1.17. The van der Waals surface area contributed by atoms with Crippen LogP contribution >= 0.6 is 15.9 Å². The zero-order chi connectivity index (χ0) is 20.3. The van der Waals surface area contributed by atoms with E-state index >= 15 is 0 Å². The second kappa shape index (κ2) is 7.03. The predicted molar refractivity (Wildman–Crippen MR) is 108 cm³/mol. The molecule has 2 aliphatic heterocycles. The van der Waals surface area contributed by atoms with E-state index < -0.39 is 11.7 Å². The number of Topliss-reactive ketones (excluding diaryl/α,β-unsaturated/α-hetero) is 2. The van der Waals surface area contributed by atoms with Gasteiger partial charge in [0.25, 0.3) is 0 Å². The molecule has 3 fully saturated rings. The van der Waals surface area contributed by atoms with Crippen molar-refractivity contribution in [3.63, 3.8) is 0 Å². The summed E-state index contributed by atoms with van der Waals surface area (Å²) >= 11 is 3.23. The van der Waals surface area contributed by atoms with Crippen LogP contribution in [0.25, 0.3) is 0 Å². The molecule has 29 heavy (non-hydrogen) atoms. The number of hydrogen-bond donors (Lipinski definition) is 0. The molecule has 2 saturated heterocycles. The van der Waals surface area contributed by atoms with Crippen LogP contribution in [0.5, 0.6) is 11.5 Å². The van der Waals surface area contributed by atoms with E-state index in [0.717, 1.165) is 24.0 Å². The normalized spacial score (nSPS) is 30.1. The summed E-state index contributed by atoms with van der Waals surface area (Å²) in [5.41, 5.74) is 1.62. The van der Waals surface area contributed by atoms with E-state index in [1.807, 2.05) is 6.92 Å². The van der Waals surface area contributed by atoms with Crippen LogP contribution in [0.2, 0.25) is 0 Å². The van der Waals surface area contributed by atoms with E-state index in [4.69, 9.17) is 9.47 Å². The third-order valence-electron chi connectivity index (χ3n) is 6.43. The lowest BCUT2D eigenvalue weighted by atomic mass is 9.81. The summed E-state index contributed by atoms with van der Waals surface area (Å²) in [6.07, 6.45) is 2.18. The molecular weight excluding hydrogens is 439 g/mol. The van der Waals surface area contributed by atoms with E-state index in [1.54, 1.807) is 30.3 Å². The average Bonchev–Trinajstić information content (AvgIpc) is 3.38. The first-order valence-corrected chi connectivity index (χ1v) is 10.8. The molecule has 0 N–H and O–H groups in total. The number of benzene rings is 2. The van der Waals surface area contributed by atoms with Gasteiger partial charge in [-0.1, -0.05) is 28.9 Å². The fourth-order valence-electron chi connectivity index (χ4n) is 5.15. The molecule has 2 aromatic carbocycles. The first-order valence-electron chi connectivity index (χ1n) is 9.96. The lowest BCUT2D eigenvalue weighted by Gasteiger charge is -2.17. The molecule has 5 atom stereocenters. The standard InChI is InChI=1S/C23H20BrFO4/c1-2-11-9-13(28-16-6-3-12(24)10-15(16)25)4-5-14(11)19-22(26)20-17-7-8-18(29-17)21(20)23(19)27/h3-6,9-10,17-21H,2,7-8H2,1H3/t17-,18+,19?,20-,21+. The molecule has 0 aromatic heterocycles. The second-order valence-electron chi connectivity index (χ2n) is 7.97. The number of ketones is 2. The van der Waals surface area contributed by atoms with Gasteiger partial charge >= 0.3 is 0 Å². The molecule has 0 amide bonds. The molecule has 3 aliphatic rings. The van der Waals surface area contributed by atoms with Crippen LogP contribution in [-0.2, 0) is 20.7 Å². The van der Waals surface area contributed by atoms with E-state index in [-0.39, 0.29) is 41.4 Å². The highest BCUT2D eigenvalue weighted by Gasteiger charge is 2.63. The summed E-state index contributed by atoms with van der Waals surface area (Å²) in [6.45, 7) is 1.97. The van der Waals surface area contributed by atoms with Crippen LogP contribution in [0.15, 0.2) is 40.9 Å². The topological polar surface area (TPSA) is 52.6 Å². The van der Waals surface area contributed by atoms with Crippen molar-refractivity contribution < 1.29 is 23.5 Å². The van der Waals surface area contributed by atoms with Gasteiger partial charge in [0, 0.05) is 4.47 Å². The van der Waals surface area contributed by atoms with Crippen molar-refractivity contribution in [3.05, 3.63) is 57.8 Å². The zero-order valence-corrected chi connectivity index (χ0v) is 17.4. The first kappa shape index (κ1) is 18.9. The maximum Gasteiger partial charge on any atom is 0.166 e. The quantitative estimate of drug-likeness (QED) is 0.606.